The van der Waals surface area contributed by atoms with Crippen molar-refractivity contribution < 1.29 is 0 Å². The molecule has 0 fully saturated rings. The average molecular weight is 261 g/mol. The predicted molar refractivity (Wildman–Crippen MR) is 85.6 cm³/mol. The van der Waals surface area contributed by atoms with E-state index in [4.69, 9.17) is 0 Å². The maximum atomic E-state index is 3.67. The van der Waals surface area contributed by atoms with E-state index in [0.29, 0.717) is 17.9 Å². The van der Waals surface area contributed by atoms with Gasteiger partial charge >= 0.3 is 0 Å². The van der Waals surface area contributed by atoms with Crippen molar-refractivity contribution >= 4 is 0 Å². The summed E-state index contributed by atoms with van der Waals surface area (Å²) in [4.78, 5) is 0. The van der Waals surface area contributed by atoms with Crippen molar-refractivity contribution in [3.05, 3.63) is 34.9 Å². The van der Waals surface area contributed by atoms with Crippen LogP contribution in [0, 0.1) is 11.8 Å². The SMILES string of the molecule is CCNC(c1ccc(CC)c(CC)c1)C(C)C(C)C. The molecule has 1 N–H and O–H groups in total. The molecule has 1 nitrogen and oxygen atoms in total. The highest BCUT2D eigenvalue weighted by Crippen LogP contribution is 2.29. The van der Waals surface area contributed by atoms with Crippen LogP contribution >= 0.6 is 0 Å². The average Bonchev–Trinajstić information content (AvgIpc) is 2.43. The fourth-order valence-corrected chi connectivity index (χ4v) is 2.73. The van der Waals surface area contributed by atoms with Crippen molar-refractivity contribution in [1.82, 2.24) is 5.32 Å². The van der Waals surface area contributed by atoms with E-state index in [1.807, 2.05) is 0 Å². The van der Waals surface area contributed by atoms with Crippen LogP contribution in [0.4, 0.5) is 0 Å². The number of rotatable bonds is 7. The molecule has 1 rings (SSSR count). The van der Waals surface area contributed by atoms with Crippen molar-refractivity contribution in [1.29, 1.82) is 0 Å². The lowest BCUT2D eigenvalue weighted by Crippen LogP contribution is -2.29. The lowest BCUT2D eigenvalue weighted by molar-refractivity contribution is 0.307. The van der Waals surface area contributed by atoms with Gasteiger partial charge in [-0.1, -0.05) is 59.7 Å². The second-order valence-corrected chi connectivity index (χ2v) is 5.87. The van der Waals surface area contributed by atoms with Gasteiger partial charge in [0, 0.05) is 6.04 Å². The Bertz CT molecular complexity index is 381. The van der Waals surface area contributed by atoms with Crippen LogP contribution < -0.4 is 5.32 Å². The molecule has 108 valence electrons. The van der Waals surface area contributed by atoms with Crippen molar-refractivity contribution in [3.63, 3.8) is 0 Å². The lowest BCUT2D eigenvalue weighted by Gasteiger charge is -2.29. The molecule has 19 heavy (non-hydrogen) atoms. The summed E-state index contributed by atoms with van der Waals surface area (Å²) in [6, 6.07) is 7.54. The molecule has 0 bridgehead atoms. The first-order valence-electron chi connectivity index (χ1n) is 7.90. The van der Waals surface area contributed by atoms with Gasteiger partial charge in [0.25, 0.3) is 0 Å². The third-order valence-corrected chi connectivity index (χ3v) is 4.35. The van der Waals surface area contributed by atoms with Gasteiger partial charge in [0.05, 0.1) is 0 Å². The van der Waals surface area contributed by atoms with Gasteiger partial charge in [0.15, 0.2) is 0 Å². The van der Waals surface area contributed by atoms with Crippen LogP contribution in [0.5, 0.6) is 0 Å². The van der Waals surface area contributed by atoms with Gasteiger partial charge < -0.3 is 5.32 Å². The Hall–Kier alpha value is -0.820. The van der Waals surface area contributed by atoms with E-state index in [9.17, 15) is 0 Å². The highest BCUT2D eigenvalue weighted by atomic mass is 14.9. The van der Waals surface area contributed by atoms with Gasteiger partial charge in [0.1, 0.15) is 0 Å². The van der Waals surface area contributed by atoms with E-state index in [1.165, 1.54) is 16.7 Å². The first-order valence-corrected chi connectivity index (χ1v) is 7.90. The molecule has 0 saturated heterocycles. The Labute approximate surface area is 119 Å². The Morgan fingerprint density at radius 3 is 2.05 bits per heavy atom. The van der Waals surface area contributed by atoms with Crippen molar-refractivity contribution in [2.45, 2.75) is 60.4 Å². The summed E-state index contributed by atoms with van der Waals surface area (Å²) in [7, 11) is 0. The van der Waals surface area contributed by atoms with Crippen LogP contribution in [0.3, 0.4) is 0 Å². The Kier molecular flexibility index (Phi) is 6.57. The first-order chi connectivity index (χ1) is 9.04. The third-order valence-electron chi connectivity index (χ3n) is 4.35. The molecule has 1 aromatic rings. The molecular formula is C18H31N. The Balaban J connectivity index is 3.08. The molecule has 2 unspecified atom stereocenters. The van der Waals surface area contributed by atoms with Gasteiger partial charge in [-0.15, -0.1) is 0 Å². The molecular weight excluding hydrogens is 230 g/mol. The number of hydrogen-bond acceptors (Lipinski definition) is 1. The van der Waals surface area contributed by atoms with E-state index in [1.54, 1.807) is 0 Å². The fraction of sp³-hybridized carbons (Fsp3) is 0.667. The quantitative estimate of drug-likeness (QED) is 0.746. The summed E-state index contributed by atoms with van der Waals surface area (Å²) in [5.74, 6) is 1.34. The summed E-state index contributed by atoms with van der Waals surface area (Å²) >= 11 is 0. The van der Waals surface area contributed by atoms with E-state index in [-0.39, 0.29) is 0 Å². The van der Waals surface area contributed by atoms with E-state index in [2.05, 4.69) is 65.1 Å². The number of hydrogen-bond donors (Lipinski definition) is 1. The van der Waals surface area contributed by atoms with Gasteiger partial charge in [-0.25, -0.2) is 0 Å². The lowest BCUT2D eigenvalue weighted by atomic mass is 9.84. The van der Waals surface area contributed by atoms with Crippen LogP contribution in [-0.4, -0.2) is 6.54 Å². The zero-order valence-corrected chi connectivity index (χ0v) is 13.6. The normalized spacial score (nSPS) is 14.7. The minimum Gasteiger partial charge on any atom is -0.310 e. The second kappa shape index (κ2) is 7.69. The smallest absolute Gasteiger partial charge is 0.0348 e. The summed E-state index contributed by atoms with van der Waals surface area (Å²) in [5.41, 5.74) is 4.47. The molecule has 2 atom stereocenters. The zero-order chi connectivity index (χ0) is 14.4. The van der Waals surface area contributed by atoms with Crippen LogP contribution in [0.25, 0.3) is 0 Å². The molecule has 0 aliphatic rings. The van der Waals surface area contributed by atoms with Crippen molar-refractivity contribution in [3.8, 4) is 0 Å². The predicted octanol–water partition coefficient (Wildman–Crippen LogP) is 4.75. The molecule has 0 amide bonds. The maximum absolute atomic E-state index is 3.67. The summed E-state index contributed by atoms with van der Waals surface area (Å²) in [6.07, 6.45) is 2.26. The second-order valence-electron chi connectivity index (χ2n) is 5.87. The number of benzene rings is 1. The number of nitrogens with one attached hydrogen (secondary N) is 1. The zero-order valence-electron chi connectivity index (χ0n) is 13.6. The molecule has 0 spiro atoms. The standard InChI is InChI=1S/C18H31N/c1-7-15-10-11-17(12-16(15)8-2)18(19-9-3)14(6)13(4)5/h10-14,18-19H,7-9H2,1-6H3. The van der Waals surface area contributed by atoms with E-state index < -0.39 is 0 Å². The van der Waals surface area contributed by atoms with Crippen molar-refractivity contribution in [2.75, 3.05) is 6.54 Å². The van der Waals surface area contributed by atoms with Gasteiger partial charge in [-0.2, -0.15) is 0 Å². The molecule has 0 saturated carbocycles. The number of aryl methyl sites for hydroxylation is 2. The molecule has 0 aliphatic heterocycles. The topological polar surface area (TPSA) is 12.0 Å². The molecule has 0 aromatic heterocycles. The maximum Gasteiger partial charge on any atom is 0.0348 e. The molecule has 0 radical (unpaired) electrons. The minimum atomic E-state index is 0.473. The monoisotopic (exact) mass is 261 g/mol. The van der Waals surface area contributed by atoms with Gasteiger partial charge in [-0.05, 0) is 47.9 Å². The van der Waals surface area contributed by atoms with Crippen LogP contribution in [0.2, 0.25) is 0 Å². The summed E-state index contributed by atoms with van der Waals surface area (Å²) in [6.45, 7) is 14.7. The highest BCUT2D eigenvalue weighted by Gasteiger charge is 2.21. The minimum absolute atomic E-state index is 0.473. The van der Waals surface area contributed by atoms with Gasteiger partial charge in [-0.3, -0.25) is 0 Å². The molecule has 0 heterocycles. The highest BCUT2D eigenvalue weighted by molar-refractivity contribution is 5.34. The van der Waals surface area contributed by atoms with E-state index >= 15 is 0 Å². The first kappa shape index (κ1) is 16.2. The molecule has 1 aromatic carbocycles. The molecule has 0 aliphatic carbocycles. The van der Waals surface area contributed by atoms with Crippen LogP contribution in [-0.2, 0) is 12.8 Å². The van der Waals surface area contributed by atoms with E-state index in [0.717, 1.165) is 19.4 Å². The molecule has 1 heteroatoms. The van der Waals surface area contributed by atoms with Gasteiger partial charge in [0.2, 0.25) is 0 Å². The van der Waals surface area contributed by atoms with Crippen molar-refractivity contribution in [2.24, 2.45) is 11.8 Å². The Morgan fingerprint density at radius 1 is 0.947 bits per heavy atom. The summed E-state index contributed by atoms with van der Waals surface area (Å²) in [5, 5.41) is 3.67. The Morgan fingerprint density at radius 2 is 1.58 bits per heavy atom. The van der Waals surface area contributed by atoms with Crippen LogP contribution in [0.1, 0.15) is 64.3 Å². The largest absolute Gasteiger partial charge is 0.310 e. The fourth-order valence-electron chi connectivity index (χ4n) is 2.73. The van der Waals surface area contributed by atoms with Crippen LogP contribution in [0.15, 0.2) is 18.2 Å². The summed E-state index contributed by atoms with van der Waals surface area (Å²) < 4.78 is 0. The third kappa shape index (κ3) is 4.07.